The van der Waals surface area contributed by atoms with Crippen LogP contribution in [-0.2, 0) is 14.3 Å². The van der Waals surface area contributed by atoms with E-state index in [-0.39, 0.29) is 29.7 Å². The minimum atomic E-state index is -0.0723. The summed E-state index contributed by atoms with van der Waals surface area (Å²) in [6.45, 7) is 3.23. The smallest absolute Gasteiger partial charge is 0.310 e. The fourth-order valence-corrected chi connectivity index (χ4v) is 2.58. The van der Waals surface area contributed by atoms with E-state index in [2.05, 4.69) is 5.32 Å². The predicted octanol–water partition coefficient (Wildman–Crippen LogP) is 0.597. The molecule has 2 aliphatic heterocycles. The van der Waals surface area contributed by atoms with Crippen molar-refractivity contribution in [2.24, 2.45) is 11.3 Å². The van der Waals surface area contributed by atoms with E-state index < -0.39 is 0 Å². The lowest BCUT2D eigenvalue weighted by atomic mass is 9.72. The van der Waals surface area contributed by atoms with Gasteiger partial charge in [0.2, 0.25) is 0 Å². The van der Waals surface area contributed by atoms with E-state index in [0.29, 0.717) is 0 Å². The monoisotopic (exact) mass is 235 g/mol. The second-order valence-electron chi connectivity index (χ2n) is 4.18. The Morgan fingerprint density at radius 2 is 2.13 bits per heavy atom. The third kappa shape index (κ3) is 2.27. The molecule has 1 unspecified atom stereocenters. The number of rotatable bonds is 1. The van der Waals surface area contributed by atoms with E-state index >= 15 is 0 Å². The van der Waals surface area contributed by atoms with Gasteiger partial charge in [-0.3, -0.25) is 4.79 Å². The molecule has 2 rings (SSSR count). The molecule has 88 valence electrons. The van der Waals surface area contributed by atoms with Crippen molar-refractivity contribution in [3.8, 4) is 0 Å². The highest BCUT2D eigenvalue weighted by molar-refractivity contribution is 5.85. The Morgan fingerprint density at radius 3 is 2.73 bits per heavy atom. The van der Waals surface area contributed by atoms with Crippen LogP contribution in [-0.4, -0.2) is 39.4 Å². The number of hydrogen-bond donors (Lipinski definition) is 1. The highest BCUT2D eigenvalue weighted by atomic mass is 35.5. The summed E-state index contributed by atoms with van der Waals surface area (Å²) < 4.78 is 10.2. The van der Waals surface area contributed by atoms with E-state index in [9.17, 15) is 4.79 Å². The van der Waals surface area contributed by atoms with Gasteiger partial charge in [-0.2, -0.15) is 0 Å². The lowest BCUT2D eigenvalue weighted by Crippen LogP contribution is -2.40. The van der Waals surface area contributed by atoms with Gasteiger partial charge in [0.25, 0.3) is 0 Å². The zero-order valence-corrected chi connectivity index (χ0v) is 9.77. The Morgan fingerprint density at radius 1 is 1.47 bits per heavy atom. The first-order valence-corrected chi connectivity index (χ1v) is 5.15. The molecule has 0 radical (unpaired) electrons. The number of methoxy groups -OCH3 is 1. The number of hydrogen-bond acceptors (Lipinski definition) is 4. The first kappa shape index (κ1) is 12.7. The van der Waals surface area contributed by atoms with Gasteiger partial charge in [-0.05, 0) is 12.8 Å². The van der Waals surface area contributed by atoms with E-state index in [1.165, 1.54) is 7.11 Å². The topological polar surface area (TPSA) is 47.6 Å². The molecule has 2 saturated heterocycles. The molecule has 0 aromatic carbocycles. The van der Waals surface area contributed by atoms with Crippen LogP contribution in [0.15, 0.2) is 0 Å². The van der Waals surface area contributed by atoms with Crippen LogP contribution in [0.4, 0.5) is 0 Å². The molecule has 0 saturated carbocycles. The summed E-state index contributed by atoms with van der Waals surface area (Å²) in [5, 5.41) is 3.29. The van der Waals surface area contributed by atoms with E-state index in [1.54, 1.807) is 0 Å². The van der Waals surface area contributed by atoms with Crippen molar-refractivity contribution in [2.75, 3.05) is 33.4 Å². The second-order valence-corrected chi connectivity index (χ2v) is 4.18. The Kier molecular flexibility index (Phi) is 4.37. The summed E-state index contributed by atoms with van der Waals surface area (Å²) >= 11 is 0. The van der Waals surface area contributed by atoms with Gasteiger partial charge in [-0.25, -0.2) is 0 Å². The van der Waals surface area contributed by atoms with Crippen LogP contribution in [0.3, 0.4) is 0 Å². The summed E-state index contributed by atoms with van der Waals surface area (Å²) in [5.41, 5.74) is 0.103. The maximum atomic E-state index is 11.6. The molecule has 1 atom stereocenters. The zero-order chi connectivity index (χ0) is 10.0. The van der Waals surface area contributed by atoms with Crippen molar-refractivity contribution >= 4 is 18.4 Å². The fraction of sp³-hybridized carbons (Fsp3) is 0.900. The number of esters is 1. The normalized spacial score (nSPS) is 28.5. The molecule has 4 nitrogen and oxygen atoms in total. The maximum absolute atomic E-state index is 11.6. The third-order valence-corrected chi connectivity index (χ3v) is 3.54. The zero-order valence-electron chi connectivity index (χ0n) is 8.95. The Bertz CT molecular complexity index is 229. The van der Waals surface area contributed by atoms with Gasteiger partial charge in [-0.15, -0.1) is 12.4 Å². The van der Waals surface area contributed by atoms with Crippen molar-refractivity contribution in [1.82, 2.24) is 5.32 Å². The van der Waals surface area contributed by atoms with E-state index in [1.807, 2.05) is 0 Å². The van der Waals surface area contributed by atoms with Gasteiger partial charge >= 0.3 is 5.97 Å². The number of carbonyl (C=O) groups excluding carboxylic acids is 1. The number of carbonyl (C=O) groups is 1. The summed E-state index contributed by atoms with van der Waals surface area (Å²) in [4.78, 5) is 11.6. The number of halogens is 1. The first-order chi connectivity index (χ1) is 6.78. The maximum Gasteiger partial charge on any atom is 0.310 e. The van der Waals surface area contributed by atoms with E-state index in [4.69, 9.17) is 9.47 Å². The molecule has 2 fully saturated rings. The Hall–Kier alpha value is -0.320. The molecular weight excluding hydrogens is 218 g/mol. The molecule has 0 aromatic rings. The van der Waals surface area contributed by atoms with Crippen molar-refractivity contribution in [1.29, 1.82) is 0 Å². The van der Waals surface area contributed by atoms with Crippen molar-refractivity contribution in [3.63, 3.8) is 0 Å². The average Bonchev–Trinajstić information content (AvgIpc) is 2.62. The van der Waals surface area contributed by atoms with Crippen LogP contribution in [0.5, 0.6) is 0 Å². The molecule has 2 heterocycles. The number of ether oxygens (including phenoxy) is 2. The summed E-state index contributed by atoms with van der Waals surface area (Å²) in [7, 11) is 1.47. The molecule has 0 aliphatic carbocycles. The standard InChI is InChI=1S/C10H17NO3.ClH/c1-13-9(12)8-6-11-7-10(8)2-4-14-5-3-10;/h8,11H,2-7H2,1H3;1H. The second kappa shape index (κ2) is 5.14. The Balaban J connectivity index is 0.00000112. The highest BCUT2D eigenvalue weighted by Crippen LogP contribution is 2.41. The van der Waals surface area contributed by atoms with Crippen molar-refractivity contribution < 1.29 is 14.3 Å². The number of nitrogens with one attached hydrogen (secondary N) is 1. The van der Waals surface area contributed by atoms with Crippen LogP contribution < -0.4 is 5.32 Å². The largest absolute Gasteiger partial charge is 0.469 e. The van der Waals surface area contributed by atoms with Gasteiger partial charge in [0.1, 0.15) is 0 Å². The molecule has 1 N–H and O–H groups in total. The van der Waals surface area contributed by atoms with Gasteiger partial charge in [0.05, 0.1) is 13.0 Å². The lowest BCUT2D eigenvalue weighted by Gasteiger charge is -2.36. The fourth-order valence-electron chi connectivity index (χ4n) is 2.58. The van der Waals surface area contributed by atoms with Crippen LogP contribution in [0.1, 0.15) is 12.8 Å². The molecule has 0 aromatic heterocycles. The first-order valence-electron chi connectivity index (χ1n) is 5.15. The third-order valence-electron chi connectivity index (χ3n) is 3.54. The molecule has 0 bridgehead atoms. The van der Waals surface area contributed by atoms with Crippen LogP contribution in [0, 0.1) is 11.3 Å². The summed E-state index contributed by atoms with van der Waals surface area (Å²) in [6.07, 6.45) is 1.94. The van der Waals surface area contributed by atoms with Gasteiger partial charge in [0, 0.05) is 31.7 Å². The van der Waals surface area contributed by atoms with Gasteiger partial charge in [-0.1, -0.05) is 0 Å². The summed E-state index contributed by atoms with van der Waals surface area (Å²) in [5.74, 6) is -0.0479. The van der Waals surface area contributed by atoms with E-state index in [0.717, 1.165) is 39.1 Å². The SMILES string of the molecule is COC(=O)C1CNCC12CCOCC2.Cl. The highest BCUT2D eigenvalue weighted by Gasteiger charge is 2.47. The molecule has 15 heavy (non-hydrogen) atoms. The summed E-state index contributed by atoms with van der Waals surface area (Å²) in [6, 6.07) is 0. The quantitative estimate of drug-likeness (QED) is 0.677. The molecular formula is C10H18ClNO3. The minimum Gasteiger partial charge on any atom is -0.469 e. The Labute approximate surface area is 96.1 Å². The van der Waals surface area contributed by atoms with Gasteiger partial charge < -0.3 is 14.8 Å². The predicted molar refractivity (Wildman–Crippen MR) is 58.1 cm³/mol. The van der Waals surface area contributed by atoms with Crippen LogP contribution in [0.25, 0.3) is 0 Å². The molecule has 2 aliphatic rings. The average molecular weight is 236 g/mol. The van der Waals surface area contributed by atoms with Gasteiger partial charge in [0.15, 0.2) is 0 Å². The minimum absolute atomic E-state index is 0. The van der Waals surface area contributed by atoms with Crippen LogP contribution >= 0.6 is 12.4 Å². The molecule has 5 heteroatoms. The van der Waals surface area contributed by atoms with Crippen molar-refractivity contribution in [3.05, 3.63) is 0 Å². The van der Waals surface area contributed by atoms with Crippen molar-refractivity contribution in [2.45, 2.75) is 12.8 Å². The lowest BCUT2D eigenvalue weighted by molar-refractivity contribution is -0.150. The van der Waals surface area contributed by atoms with Crippen LogP contribution in [0.2, 0.25) is 0 Å². The molecule has 1 spiro atoms. The molecule has 0 amide bonds.